The minimum atomic E-state index is 0.000758. The smallest absolute Gasteiger partial charge is 0.230 e. The second kappa shape index (κ2) is 6.54. The molecule has 0 aliphatic carbocycles. The van der Waals surface area contributed by atoms with Crippen LogP contribution >= 0.6 is 0 Å². The van der Waals surface area contributed by atoms with E-state index in [1.54, 1.807) is 13.2 Å². The zero-order valence-corrected chi connectivity index (χ0v) is 13.6. The van der Waals surface area contributed by atoms with Crippen LogP contribution in [0.4, 0.5) is 0 Å². The molecule has 2 aromatic rings. The zero-order chi connectivity index (χ0) is 16.4. The molecular weight excluding hydrogens is 298 g/mol. The van der Waals surface area contributed by atoms with Gasteiger partial charge in [-0.05, 0) is 13.8 Å². The van der Waals surface area contributed by atoms with E-state index in [1.165, 1.54) is 0 Å². The zero-order valence-electron chi connectivity index (χ0n) is 13.6. The van der Waals surface area contributed by atoms with Crippen LogP contribution in [0, 0.1) is 19.8 Å². The number of rotatable bonds is 5. The lowest BCUT2D eigenvalue weighted by atomic mass is 10.0. The number of likely N-dealkylation sites (tertiary alicyclic amines) is 1. The van der Waals surface area contributed by atoms with Crippen molar-refractivity contribution >= 4 is 5.91 Å². The molecule has 2 aromatic heterocycles. The highest BCUT2D eigenvalue weighted by atomic mass is 16.5. The maximum Gasteiger partial charge on any atom is 0.230 e. The van der Waals surface area contributed by atoms with Crippen molar-refractivity contribution in [1.29, 1.82) is 0 Å². The molecule has 0 unspecified atom stereocenters. The van der Waals surface area contributed by atoms with Gasteiger partial charge in [0.05, 0.1) is 23.9 Å². The van der Waals surface area contributed by atoms with E-state index in [0.717, 1.165) is 17.1 Å². The number of carbonyl (C=O) groups excluding carboxylic acids is 1. The Bertz CT molecular complexity index is 678. The Balaban J connectivity index is 1.62. The fourth-order valence-corrected chi connectivity index (χ4v) is 3.04. The molecule has 0 N–H and O–H groups in total. The second-order valence-electron chi connectivity index (χ2n) is 6.08. The summed E-state index contributed by atoms with van der Waals surface area (Å²) in [6, 6.07) is 3.71. The van der Waals surface area contributed by atoms with Gasteiger partial charge in [-0.3, -0.25) is 4.79 Å². The minimum absolute atomic E-state index is 0.000758. The third-order valence-electron chi connectivity index (χ3n) is 4.18. The summed E-state index contributed by atoms with van der Waals surface area (Å²) < 4.78 is 15.9. The molecule has 7 nitrogen and oxygen atoms in total. The van der Waals surface area contributed by atoms with Crippen LogP contribution in [0.25, 0.3) is 0 Å². The monoisotopic (exact) mass is 319 g/mol. The first-order valence-corrected chi connectivity index (χ1v) is 7.70. The molecule has 0 saturated carbocycles. The molecule has 23 heavy (non-hydrogen) atoms. The number of ether oxygens (including phenoxy) is 1. The number of aromatic nitrogens is 2. The van der Waals surface area contributed by atoms with E-state index in [-0.39, 0.29) is 24.3 Å². The van der Waals surface area contributed by atoms with Crippen LogP contribution in [-0.2, 0) is 22.4 Å². The van der Waals surface area contributed by atoms with E-state index in [1.807, 2.05) is 24.8 Å². The van der Waals surface area contributed by atoms with Gasteiger partial charge >= 0.3 is 0 Å². The van der Waals surface area contributed by atoms with Crippen molar-refractivity contribution in [2.24, 2.45) is 5.92 Å². The molecule has 124 valence electrons. The van der Waals surface area contributed by atoms with Gasteiger partial charge in [0.25, 0.3) is 0 Å². The Morgan fingerprint density at radius 1 is 1.22 bits per heavy atom. The van der Waals surface area contributed by atoms with Crippen LogP contribution < -0.4 is 0 Å². The molecule has 0 bridgehead atoms. The molecule has 0 aromatic carbocycles. The van der Waals surface area contributed by atoms with Crippen LogP contribution in [0.3, 0.4) is 0 Å². The molecule has 2 atom stereocenters. The van der Waals surface area contributed by atoms with Gasteiger partial charge < -0.3 is 18.7 Å². The van der Waals surface area contributed by atoms with E-state index in [2.05, 4.69) is 10.3 Å². The molecule has 0 spiro atoms. The van der Waals surface area contributed by atoms with Gasteiger partial charge in [-0.15, -0.1) is 0 Å². The summed E-state index contributed by atoms with van der Waals surface area (Å²) in [5.74, 6) is 1.65. The third kappa shape index (κ3) is 3.61. The highest BCUT2D eigenvalue weighted by molar-refractivity contribution is 5.78. The van der Waals surface area contributed by atoms with E-state index in [0.29, 0.717) is 25.3 Å². The predicted molar refractivity (Wildman–Crippen MR) is 80.8 cm³/mol. The lowest BCUT2D eigenvalue weighted by molar-refractivity contribution is -0.130. The number of hydrogen-bond donors (Lipinski definition) is 0. The van der Waals surface area contributed by atoms with Crippen LogP contribution in [-0.4, -0.2) is 47.4 Å². The molecule has 3 rings (SSSR count). The summed E-state index contributed by atoms with van der Waals surface area (Å²) in [5.41, 5.74) is 1.64. The van der Waals surface area contributed by atoms with Crippen molar-refractivity contribution in [2.45, 2.75) is 32.8 Å². The first-order chi connectivity index (χ1) is 11.0. The molecule has 0 radical (unpaired) electrons. The Morgan fingerprint density at radius 3 is 2.43 bits per heavy atom. The van der Waals surface area contributed by atoms with Gasteiger partial charge in [-0.2, -0.15) is 0 Å². The predicted octanol–water partition coefficient (Wildman–Crippen LogP) is 1.54. The highest BCUT2D eigenvalue weighted by Crippen LogP contribution is 2.24. The van der Waals surface area contributed by atoms with Gasteiger partial charge in [-0.1, -0.05) is 10.3 Å². The Morgan fingerprint density at radius 2 is 1.87 bits per heavy atom. The summed E-state index contributed by atoms with van der Waals surface area (Å²) in [6.45, 7) is 4.96. The van der Waals surface area contributed by atoms with Gasteiger partial charge in [0, 0.05) is 44.7 Å². The fourth-order valence-electron chi connectivity index (χ4n) is 3.04. The summed E-state index contributed by atoms with van der Waals surface area (Å²) in [6.07, 6.45) is 0.941. The molecule has 1 saturated heterocycles. The van der Waals surface area contributed by atoms with Crippen molar-refractivity contribution in [1.82, 2.24) is 15.2 Å². The van der Waals surface area contributed by atoms with Gasteiger partial charge in [0.15, 0.2) is 0 Å². The number of nitrogens with zero attached hydrogens (tertiary/aromatic N) is 3. The quantitative estimate of drug-likeness (QED) is 0.831. The standard InChI is InChI=1S/C16H21N3O4/c1-10-4-13(22-17-10)6-12-8-19(9-15(12)21-3)16(20)7-14-5-11(2)18-23-14/h4-5,12,15H,6-9H2,1-3H3/t12-,15+/m1/s1. The third-order valence-corrected chi connectivity index (χ3v) is 4.18. The van der Waals surface area contributed by atoms with Gasteiger partial charge in [0.2, 0.25) is 5.91 Å². The van der Waals surface area contributed by atoms with E-state index >= 15 is 0 Å². The normalized spacial score (nSPS) is 21.1. The summed E-state index contributed by atoms with van der Waals surface area (Å²) in [5, 5.41) is 7.72. The van der Waals surface area contributed by atoms with Crippen LogP contribution in [0.1, 0.15) is 22.9 Å². The lowest BCUT2D eigenvalue weighted by Crippen LogP contribution is -2.31. The summed E-state index contributed by atoms with van der Waals surface area (Å²) >= 11 is 0. The van der Waals surface area contributed by atoms with Crippen molar-refractivity contribution in [3.05, 3.63) is 35.0 Å². The molecule has 1 aliphatic rings. The number of carbonyl (C=O) groups is 1. The Kier molecular flexibility index (Phi) is 4.47. The topological polar surface area (TPSA) is 81.6 Å². The minimum Gasteiger partial charge on any atom is -0.379 e. The van der Waals surface area contributed by atoms with Crippen molar-refractivity contribution in [3.63, 3.8) is 0 Å². The first kappa shape index (κ1) is 15.7. The molecule has 1 fully saturated rings. The fraction of sp³-hybridized carbons (Fsp3) is 0.562. The molecule has 1 amide bonds. The molecule has 7 heteroatoms. The van der Waals surface area contributed by atoms with Gasteiger partial charge in [0.1, 0.15) is 11.5 Å². The molecular formula is C16H21N3O4. The van der Waals surface area contributed by atoms with Crippen molar-refractivity contribution in [3.8, 4) is 0 Å². The maximum absolute atomic E-state index is 12.4. The number of methoxy groups -OCH3 is 1. The van der Waals surface area contributed by atoms with E-state index in [9.17, 15) is 4.79 Å². The Labute approximate surface area is 134 Å². The van der Waals surface area contributed by atoms with Crippen molar-refractivity contribution in [2.75, 3.05) is 20.2 Å². The average Bonchev–Trinajstić information content (AvgIpc) is 3.21. The van der Waals surface area contributed by atoms with Gasteiger partial charge in [-0.25, -0.2) is 0 Å². The summed E-state index contributed by atoms with van der Waals surface area (Å²) in [4.78, 5) is 14.3. The molecule has 1 aliphatic heterocycles. The first-order valence-electron chi connectivity index (χ1n) is 7.70. The number of amides is 1. The second-order valence-corrected chi connectivity index (χ2v) is 6.08. The van der Waals surface area contributed by atoms with Crippen LogP contribution in [0.15, 0.2) is 21.2 Å². The number of aryl methyl sites for hydroxylation is 2. The van der Waals surface area contributed by atoms with E-state index in [4.69, 9.17) is 13.8 Å². The molecule has 3 heterocycles. The van der Waals surface area contributed by atoms with Crippen molar-refractivity contribution < 1.29 is 18.6 Å². The maximum atomic E-state index is 12.4. The Hall–Kier alpha value is -2.15. The van der Waals surface area contributed by atoms with Crippen LogP contribution in [0.2, 0.25) is 0 Å². The largest absolute Gasteiger partial charge is 0.379 e. The summed E-state index contributed by atoms with van der Waals surface area (Å²) in [7, 11) is 1.68. The number of hydrogen-bond acceptors (Lipinski definition) is 6. The average molecular weight is 319 g/mol. The SMILES string of the molecule is CO[C@H]1CN(C(=O)Cc2cc(C)no2)C[C@H]1Cc1cc(C)no1. The van der Waals surface area contributed by atoms with E-state index < -0.39 is 0 Å². The van der Waals surface area contributed by atoms with Crippen LogP contribution in [0.5, 0.6) is 0 Å². The highest BCUT2D eigenvalue weighted by Gasteiger charge is 2.36. The lowest BCUT2D eigenvalue weighted by Gasteiger charge is -2.14.